The molecule has 2 N–H and O–H groups in total. The second-order valence-electron chi connectivity index (χ2n) is 3.74. The minimum atomic E-state index is -0.630. The highest BCUT2D eigenvalue weighted by Gasteiger charge is 2.15. The lowest BCUT2D eigenvalue weighted by molar-refractivity contribution is 0.0506. The zero-order chi connectivity index (χ0) is 13.5. The number of anilines is 1. The van der Waals surface area contributed by atoms with Crippen molar-refractivity contribution in [2.75, 3.05) is 12.3 Å². The van der Waals surface area contributed by atoms with Gasteiger partial charge in [0.25, 0.3) is 0 Å². The fraction of sp³-hybridized carbons (Fsp3) is 0.385. The summed E-state index contributed by atoms with van der Waals surface area (Å²) in [6.07, 6.45) is 0.113. The van der Waals surface area contributed by atoms with Crippen molar-refractivity contribution in [2.45, 2.75) is 26.4 Å². The molecule has 1 aromatic rings. The Kier molecular flexibility index (Phi) is 5.00. The third-order valence-electron chi connectivity index (χ3n) is 2.21. The Labute approximate surface area is 106 Å². The van der Waals surface area contributed by atoms with Gasteiger partial charge in [-0.15, -0.1) is 0 Å². The fourth-order valence-corrected chi connectivity index (χ4v) is 1.31. The van der Waals surface area contributed by atoms with E-state index in [2.05, 4.69) is 0 Å². The van der Waals surface area contributed by atoms with Gasteiger partial charge in [0.15, 0.2) is 6.10 Å². The zero-order valence-corrected chi connectivity index (χ0v) is 10.5. The van der Waals surface area contributed by atoms with E-state index in [4.69, 9.17) is 20.5 Å². The molecule has 0 radical (unpaired) electrons. The van der Waals surface area contributed by atoms with Crippen LogP contribution in [0.3, 0.4) is 0 Å². The standard InChI is InChI=1S/C13H16N2O3/c1-3-7-17-13(16)10-5-4-6-11(12(10)15)18-9(2)8-14/h4-6,9H,3,7,15H2,1-2H3. The van der Waals surface area contributed by atoms with E-state index >= 15 is 0 Å². The average Bonchev–Trinajstić information content (AvgIpc) is 2.38. The molecule has 96 valence electrons. The molecule has 0 aliphatic carbocycles. The van der Waals surface area contributed by atoms with E-state index in [9.17, 15) is 4.79 Å². The average molecular weight is 248 g/mol. The van der Waals surface area contributed by atoms with Gasteiger partial charge >= 0.3 is 5.97 Å². The van der Waals surface area contributed by atoms with Crippen molar-refractivity contribution < 1.29 is 14.3 Å². The molecule has 1 atom stereocenters. The summed E-state index contributed by atoms with van der Waals surface area (Å²) in [5, 5.41) is 8.67. The SMILES string of the molecule is CCCOC(=O)c1cccc(OC(C)C#N)c1N. The van der Waals surface area contributed by atoms with Crippen molar-refractivity contribution in [1.29, 1.82) is 5.26 Å². The largest absolute Gasteiger partial charge is 0.474 e. The Bertz CT molecular complexity index is 466. The number of rotatable bonds is 5. The first-order valence-electron chi connectivity index (χ1n) is 5.72. The van der Waals surface area contributed by atoms with Crippen LogP contribution in [0.5, 0.6) is 5.75 Å². The second-order valence-corrected chi connectivity index (χ2v) is 3.74. The number of carbonyl (C=O) groups excluding carboxylic acids is 1. The maximum Gasteiger partial charge on any atom is 0.340 e. The van der Waals surface area contributed by atoms with Crippen LogP contribution in [-0.4, -0.2) is 18.7 Å². The van der Waals surface area contributed by atoms with Gasteiger partial charge < -0.3 is 15.2 Å². The summed E-state index contributed by atoms with van der Waals surface area (Å²) in [7, 11) is 0. The van der Waals surface area contributed by atoms with E-state index in [1.54, 1.807) is 25.1 Å². The summed E-state index contributed by atoms with van der Waals surface area (Å²) in [5.41, 5.74) is 6.27. The van der Waals surface area contributed by atoms with Gasteiger partial charge in [-0.25, -0.2) is 4.79 Å². The predicted octanol–water partition coefficient (Wildman–Crippen LogP) is 2.13. The smallest absolute Gasteiger partial charge is 0.340 e. The first-order chi connectivity index (χ1) is 8.60. The van der Waals surface area contributed by atoms with Crippen molar-refractivity contribution in [3.8, 4) is 11.8 Å². The van der Waals surface area contributed by atoms with Crippen molar-refractivity contribution in [1.82, 2.24) is 0 Å². The Balaban J connectivity index is 2.91. The third-order valence-corrected chi connectivity index (χ3v) is 2.21. The van der Waals surface area contributed by atoms with E-state index in [-0.39, 0.29) is 11.3 Å². The lowest BCUT2D eigenvalue weighted by atomic mass is 10.1. The molecule has 0 amide bonds. The predicted molar refractivity (Wildman–Crippen MR) is 67.1 cm³/mol. The molecule has 0 heterocycles. The molecule has 0 saturated carbocycles. The Hall–Kier alpha value is -2.22. The molecule has 0 fully saturated rings. The summed E-state index contributed by atoms with van der Waals surface area (Å²) >= 11 is 0. The molecule has 0 aliphatic rings. The van der Waals surface area contributed by atoms with Gasteiger partial charge in [0.05, 0.1) is 17.9 Å². The molecular weight excluding hydrogens is 232 g/mol. The maximum absolute atomic E-state index is 11.7. The number of nitrogens with zero attached hydrogens (tertiary/aromatic N) is 1. The van der Waals surface area contributed by atoms with Gasteiger partial charge in [0.1, 0.15) is 11.8 Å². The molecule has 0 aliphatic heterocycles. The van der Waals surface area contributed by atoms with Crippen LogP contribution in [0.4, 0.5) is 5.69 Å². The third kappa shape index (κ3) is 3.39. The van der Waals surface area contributed by atoms with Gasteiger partial charge in [-0.05, 0) is 25.5 Å². The van der Waals surface area contributed by atoms with Crippen LogP contribution in [0, 0.1) is 11.3 Å². The lowest BCUT2D eigenvalue weighted by Crippen LogP contribution is -2.13. The molecule has 0 bridgehead atoms. The number of benzene rings is 1. The molecule has 0 aromatic heterocycles. The zero-order valence-electron chi connectivity index (χ0n) is 10.5. The van der Waals surface area contributed by atoms with Crippen LogP contribution in [0.2, 0.25) is 0 Å². The number of nitriles is 1. The number of carbonyl (C=O) groups is 1. The highest BCUT2D eigenvalue weighted by Crippen LogP contribution is 2.26. The van der Waals surface area contributed by atoms with Crippen LogP contribution in [0.1, 0.15) is 30.6 Å². The van der Waals surface area contributed by atoms with E-state index in [1.165, 1.54) is 0 Å². The molecule has 0 saturated heterocycles. The number of nitrogens with two attached hydrogens (primary N) is 1. The topological polar surface area (TPSA) is 85.3 Å². The van der Waals surface area contributed by atoms with Crippen molar-refractivity contribution >= 4 is 11.7 Å². The minimum Gasteiger partial charge on any atom is -0.474 e. The van der Waals surface area contributed by atoms with E-state index < -0.39 is 12.1 Å². The number of hydrogen-bond acceptors (Lipinski definition) is 5. The Morgan fingerprint density at radius 1 is 1.56 bits per heavy atom. The number of nitrogen functional groups attached to an aromatic ring is 1. The van der Waals surface area contributed by atoms with Crippen LogP contribution in [0.15, 0.2) is 18.2 Å². The molecule has 0 spiro atoms. The van der Waals surface area contributed by atoms with E-state index in [1.807, 2.05) is 13.0 Å². The maximum atomic E-state index is 11.7. The van der Waals surface area contributed by atoms with Crippen molar-refractivity contribution in [3.05, 3.63) is 23.8 Å². The molecule has 18 heavy (non-hydrogen) atoms. The quantitative estimate of drug-likeness (QED) is 0.637. The highest BCUT2D eigenvalue weighted by molar-refractivity contribution is 5.96. The summed E-state index contributed by atoms with van der Waals surface area (Å²) in [5.74, 6) is -0.167. The first-order valence-corrected chi connectivity index (χ1v) is 5.72. The summed E-state index contributed by atoms with van der Waals surface area (Å²) in [4.78, 5) is 11.7. The number of esters is 1. The fourth-order valence-electron chi connectivity index (χ4n) is 1.31. The number of hydrogen-bond donors (Lipinski definition) is 1. The number of ether oxygens (including phenoxy) is 2. The van der Waals surface area contributed by atoms with Gasteiger partial charge in [0.2, 0.25) is 0 Å². The Morgan fingerprint density at radius 3 is 2.89 bits per heavy atom. The van der Waals surface area contributed by atoms with Gasteiger partial charge in [-0.2, -0.15) is 5.26 Å². The number of para-hydroxylation sites is 1. The molecular formula is C13H16N2O3. The van der Waals surface area contributed by atoms with Crippen LogP contribution in [0.25, 0.3) is 0 Å². The molecule has 5 nitrogen and oxygen atoms in total. The van der Waals surface area contributed by atoms with Gasteiger partial charge in [-0.1, -0.05) is 13.0 Å². The Morgan fingerprint density at radius 2 is 2.28 bits per heavy atom. The van der Waals surface area contributed by atoms with Crippen LogP contribution in [-0.2, 0) is 4.74 Å². The van der Waals surface area contributed by atoms with E-state index in [0.29, 0.717) is 12.4 Å². The van der Waals surface area contributed by atoms with Crippen molar-refractivity contribution in [2.24, 2.45) is 0 Å². The normalized spacial score (nSPS) is 11.4. The lowest BCUT2D eigenvalue weighted by Gasteiger charge is -2.12. The summed E-state index contributed by atoms with van der Waals surface area (Å²) in [6, 6.07) is 6.74. The molecule has 1 rings (SSSR count). The minimum absolute atomic E-state index is 0.195. The molecule has 5 heteroatoms. The molecule has 1 unspecified atom stereocenters. The summed E-state index contributed by atoms with van der Waals surface area (Å²) < 4.78 is 10.3. The van der Waals surface area contributed by atoms with Crippen LogP contribution < -0.4 is 10.5 Å². The van der Waals surface area contributed by atoms with E-state index in [0.717, 1.165) is 6.42 Å². The first kappa shape index (κ1) is 13.8. The van der Waals surface area contributed by atoms with Crippen molar-refractivity contribution in [3.63, 3.8) is 0 Å². The second kappa shape index (κ2) is 6.50. The van der Waals surface area contributed by atoms with Crippen LogP contribution >= 0.6 is 0 Å². The van der Waals surface area contributed by atoms with Gasteiger partial charge in [-0.3, -0.25) is 0 Å². The summed E-state index contributed by atoms with van der Waals surface area (Å²) in [6.45, 7) is 3.85. The molecule has 1 aromatic carbocycles. The van der Waals surface area contributed by atoms with Gasteiger partial charge in [0, 0.05) is 0 Å². The monoisotopic (exact) mass is 248 g/mol. The highest BCUT2D eigenvalue weighted by atomic mass is 16.5.